The molecule has 1 aromatic heterocycles. The lowest BCUT2D eigenvalue weighted by Crippen LogP contribution is -2.43. The predicted octanol–water partition coefficient (Wildman–Crippen LogP) is 2.53. The van der Waals surface area contributed by atoms with Crippen LogP contribution in [0.2, 0.25) is 0 Å². The van der Waals surface area contributed by atoms with Gasteiger partial charge >= 0.3 is 0 Å². The number of nitrogens with one attached hydrogen (secondary N) is 2. The number of amides is 2. The molecule has 26 heavy (non-hydrogen) atoms. The van der Waals surface area contributed by atoms with Crippen molar-refractivity contribution >= 4 is 11.8 Å². The number of hydrogen-bond acceptors (Lipinski definition) is 4. The van der Waals surface area contributed by atoms with E-state index in [-0.39, 0.29) is 11.8 Å². The topological polar surface area (TPSA) is 81.6 Å². The van der Waals surface area contributed by atoms with Crippen molar-refractivity contribution in [1.29, 1.82) is 0 Å². The Kier molecular flexibility index (Phi) is 5.92. The average molecular weight is 359 g/mol. The molecule has 0 unspecified atom stereocenters. The van der Waals surface area contributed by atoms with Gasteiger partial charge < -0.3 is 14.0 Å². The van der Waals surface area contributed by atoms with Crippen molar-refractivity contribution in [3.8, 4) is 17.2 Å². The molecule has 0 atom stereocenters. The van der Waals surface area contributed by atoms with E-state index < -0.39 is 5.91 Å². The van der Waals surface area contributed by atoms with Gasteiger partial charge in [0.1, 0.15) is 0 Å². The van der Waals surface area contributed by atoms with Crippen LogP contribution in [0.4, 0.5) is 0 Å². The molecule has 0 aliphatic carbocycles. The molecule has 1 aromatic carbocycles. The molecule has 0 bridgehead atoms. The highest BCUT2D eigenvalue weighted by atomic mass is 16.5. The fourth-order valence-corrected chi connectivity index (χ4v) is 2.61. The summed E-state index contributed by atoms with van der Waals surface area (Å²) in [6.07, 6.45) is 0. The lowest BCUT2D eigenvalue weighted by atomic mass is 10.1. The van der Waals surface area contributed by atoms with Crippen molar-refractivity contribution in [3.63, 3.8) is 0 Å². The van der Waals surface area contributed by atoms with Crippen molar-refractivity contribution in [2.75, 3.05) is 14.2 Å². The molecular weight excluding hydrogens is 334 g/mol. The number of nitrogens with zero attached hydrogens (tertiary/aromatic N) is 1. The highest BCUT2D eigenvalue weighted by Gasteiger charge is 2.20. The fraction of sp³-hybridized carbons (Fsp3) is 0.368. The molecule has 0 saturated carbocycles. The first-order chi connectivity index (χ1) is 12.3. The Hall–Kier alpha value is -2.96. The fourth-order valence-electron chi connectivity index (χ4n) is 2.61. The quantitative estimate of drug-likeness (QED) is 0.804. The Morgan fingerprint density at radius 3 is 2.00 bits per heavy atom. The van der Waals surface area contributed by atoms with Crippen LogP contribution in [0.15, 0.2) is 24.3 Å². The van der Waals surface area contributed by atoms with E-state index in [1.54, 1.807) is 33.1 Å². The summed E-state index contributed by atoms with van der Waals surface area (Å²) in [5.74, 6) is -0.0120. The van der Waals surface area contributed by atoms with Crippen LogP contribution < -0.4 is 20.3 Å². The number of benzene rings is 1. The van der Waals surface area contributed by atoms with Crippen LogP contribution in [-0.2, 0) is 4.79 Å². The van der Waals surface area contributed by atoms with Gasteiger partial charge in [0.15, 0.2) is 11.5 Å². The Bertz CT molecular complexity index is 805. The van der Waals surface area contributed by atoms with Gasteiger partial charge in [-0.3, -0.25) is 20.4 Å². The number of hydrogen-bond donors (Lipinski definition) is 2. The molecule has 7 nitrogen and oxygen atoms in total. The van der Waals surface area contributed by atoms with E-state index in [0.717, 1.165) is 11.4 Å². The van der Waals surface area contributed by atoms with Gasteiger partial charge in [0.25, 0.3) is 5.91 Å². The lowest BCUT2D eigenvalue weighted by molar-refractivity contribution is -0.124. The first-order valence-electron chi connectivity index (χ1n) is 8.31. The van der Waals surface area contributed by atoms with Crippen LogP contribution in [0.25, 0.3) is 5.69 Å². The molecule has 2 aromatic rings. The Morgan fingerprint density at radius 2 is 1.50 bits per heavy atom. The van der Waals surface area contributed by atoms with E-state index >= 15 is 0 Å². The van der Waals surface area contributed by atoms with Crippen molar-refractivity contribution in [2.45, 2.75) is 27.7 Å². The van der Waals surface area contributed by atoms with E-state index in [1.807, 2.05) is 30.5 Å². The highest BCUT2D eigenvalue weighted by molar-refractivity contribution is 5.99. The summed E-state index contributed by atoms with van der Waals surface area (Å²) >= 11 is 0. The van der Waals surface area contributed by atoms with Crippen LogP contribution in [0.5, 0.6) is 11.5 Å². The van der Waals surface area contributed by atoms with E-state index in [0.29, 0.717) is 22.7 Å². The van der Waals surface area contributed by atoms with E-state index in [1.165, 1.54) is 7.11 Å². The van der Waals surface area contributed by atoms with Gasteiger partial charge in [0.2, 0.25) is 5.91 Å². The lowest BCUT2D eigenvalue weighted by Gasteiger charge is -2.18. The number of hydrazine groups is 1. The van der Waals surface area contributed by atoms with Gasteiger partial charge in [-0.1, -0.05) is 13.8 Å². The van der Waals surface area contributed by atoms with Crippen LogP contribution >= 0.6 is 0 Å². The molecule has 0 aliphatic heterocycles. The van der Waals surface area contributed by atoms with Gasteiger partial charge in [-0.15, -0.1) is 0 Å². The monoisotopic (exact) mass is 359 g/mol. The second kappa shape index (κ2) is 7.95. The molecule has 2 rings (SSSR count). The molecule has 1 heterocycles. The summed E-state index contributed by atoms with van der Waals surface area (Å²) in [5, 5.41) is 0. The number of rotatable bonds is 5. The largest absolute Gasteiger partial charge is 0.493 e. The van der Waals surface area contributed by atoms with Crippen molar-refractivity contribution in [2.24, 2.45) is 5.92 Å². The number of aryl methyl sites for hydroxylation is 2. The third kappa shape index (κ3) is 3.82. The predicted molar refractivity (Wildman–Crippen MR) is 98.8 cm³/mol. The Labute approximate surface area is 153 Å². The number of ether oxygens (including phenoxy) is 2. The zero-order chi connectivity index (χ0) is 19.4. The van der Waals surface area contributed by atoms with Crippen molar-refractivity contribution < 1.29 is 19.1 Å². The first kappa shape index (κ1) is 19.4. The SMILES string of the molecule is COc1cc(C(=O)NNC(=O)C(C)C)c(-n2c(C)ccc2C)cc1OC. The van der Waals surface area contributed by atoms with Gasteiger partial charge in [0.05, 0.1) is 25.5 Å². The zero-order valence-corrected chi connectivity index (χ0v) is 16.0. The number of methoxy groups -OCH3 is 2. The number of carbonyl (C=O) groups is 2. The molecule has 0 spiro atoms. The molecule has 2 amide bonds. The molecule has 0 fully saturated rings. The summed E-state index contributed by atoms with van der Waals surface area (Å²) in [4.78, 5) is 24.5. The maximum absolute atomic E-state index is 12.7. The summed E-state index contributed by atoms with van der Waals surface area (Å²) in [7, 11) is 3.05. The highest BCUT2D eigenvalue weighted by Crippen LogP contribution is 2.33. The van der Waals surface area contributed by atoms with Gasteiger partial charge in [-0.05, 0) is 32.0 Å². The number of carbonyl (C=O) groups excluding carboxylic acids is 2. The average Bonchev–Trinajstić information content (AvgIpc) is 2.96. The van der Waals surface area contributed by atoms with Crippen LogP contribution in [0.1, 0.15) is 35.6 Å². The molecule has 7 heteroatoms. The molecule has 140 valence electrons. The van der Waals surface area contributed by atoms with E-state index in [4.69, 9.17) is 9.47 Å². The van der Waals surface area contributed by atoms with Gasteiger partial charge in [-0.25, -0.2) is 0 Å². The summed E-state index contributed by atoms with van der Waals surface area (Å²) < 4.78 is 12.6. The third-order valence-electron chi connectivity index (χ3n) is 4.08. The molecule has 0 aliphatic rings. The molecular formula is C19H25N3O4. The molecule has 2 N–H and O–H groups in total. The van der Waals surface area contributed by atoms with Crippen molar-refractivity contribution in [1.82, 2.24) is 15.4 Å². The second-order valence-corrected chi connectivity index (χ2v) is 6.27. The standard InChI is InChI=1S/C19H25N3O4/c1-11(2)18(23)20-21-19(24)14-9-16(25-5)17(26-6)10-15(14)22-12(3)7-8-13(22)4/h7-11H,1-6H3,(H,20,23)(H,21,24). The smallest absolute Gasteiger partial charge is 0.271 e. The molecule has 0 saturated heterocycles. The third-order valence-corrected chi connectivity index (χ3v) is 4.08. The summed E-state index contributed by atoms with van der Waals surface area (Å²) in [6, 6.07) is 7.28. The van der Waals surface area contributed by atoms with Crippen molar-refractivity contribution in [3.05, 3.63) is 41.2 Å². The summed E-state index contributed by atoms with van der Waals surface area (Å²) in [6.45, 7) is 7.39. The molecule has 0 radical (unpaired) electrons. The maximum Gasteiger partial charge on any atom is 0.271 e. The minimum atomic E-state index is -0.442. The minimum Gasteiger partial charge on any atom is -0.493 e. The van der Waals surface area contributed by atoms with Gasteiger partial charge in [-0.2, -0.15) is 0 Å². The minimum absolute atomic E-state index is 0.242. The second-order valence-electron chi connectivity index (χ2n) is 6.27. The van der Waals surface area contributed by atoms with E-state index in [2.05, 4.69) is 10.9 Å². The van der Waals surface area contributed by atoms with Crippen LogP contribution in [-0.4, -0.2) is 30.6 Å². The Morgan fingerprint density at radius 1 is 0.962 bits per heavy atom. The first-order valence-corrected chi connectivity index (χ1v) is 8.31. The Balaban J connectivity index is 2.52. The van der Waals surface area contributed by atoms with Crippen LogP contribution in [0.3, 0.4) is 0 Å². The van der Waals surface area contributed by atoms with Gasteiger partial charge in [0, 0.05) is 23.4 Å². The zero-order valence-electron chi connectivity index (χ0n) is 16.0. The van der Waals surface area contributed by atoms with E-state index in [9.17, 15) is 9.59 Å². The van der Waals surface area contributed by atoms with Crippen LogP contribution in [0, 0.1) is 19.8 Å². The maximum atomic E-state index is 12.7. The normalized spacial score (nSPS) is 10.6. The summed E-state index contributed by atoms with van der Waals surface area (Å²) in [5.41, 5.74) is 7.82. The number of aromatic nitrogens is 1.